The van der Waals surface area contributed by atoms with Crippen molar-refractivity contribution < 1.29 is 14.3 Å². The molecule has 2 unspecified atom stereocenters. The van der Waals surface area contributed by atoms with Crippen LogP contribution in [0.4, 0.5) is 0 Å². The highest BCUT2D eigenvalue weighted by molar-refractivity contribution is 5.75. The van der Waals surface area contributed by atoms with E-state index in [4.69, 9.17) is 9.47 Å². The molecule has 0 N–H and O–H groups in total. The van der Waals surface area contributed by atoms with Crippen LogP contribution in [0.5, 0.6) is 5.75 Å². The van der Waals surface area contributed by atoms with Crippen molar-refractivity contribution in [2.24, 2.45) is 11.8 Å². The SMILES string of the molecule is COC(=O)C1CC1CCc1c(C)cc(OC)cc1C. The Morgan fingerprint density at radius 2 is 1.89 bits per heavy atom. The Bertz CT molecular complexity index is 456. The highest BCUT2D eigenvalue weighted by Gasteiger charge is 2.43. The van der Waals surface area contributed by atoms with E-state index >= 15 is 0 Å². The molecule has 3 nitrogen and oxygen atoms in total. The van der Waals surface area contributed by atoms with Crippen LogP contribution in [0.2, 0.25) is 0 Å². The van der Waals surface area contributed by atoms with Crippen molar-refractivity contribution in [1.29, 1.82) is 0 Å². The molecular weight excluding hydrogens is 240 g/mol. The van der Waals surface area contributed by atoms with Gasteiger partial charge >= 0.3 is 5.97 Å². The lowest BCUT2D eigenvalue weighted by molar-refractivity contribution is -0.142. The highest BCUT2D eigenvalue weighted by Crippen LogP contribution is 2.43. The molecule has 1 aliphatic rings. The summed E-state index contributed by atoms with van der Waals surface area (Å²) >= 11 is 0. The Hall–Kier alpha value is -1.51. The van der Waals surface area contributed by atoms with Crippen molar-refractivity contribution in [2.45, 2.75) is 33.1 Å². The number of hydrogen-bond donors (Lipinski definition) is 0. The lowest BCUT2D eigenvalue weighted by atomic mass is 9.96. The van der Waals surface area contributed by atoms with Gasteiger partial charge in [0.2, 0.25) is 0 Å². The zero-order valence-corrected chi connectivity index (χ0v) is 12.2. The number of benzene rings is 1. The summed E-state index contributed by atoms with van der Waals surface area (Å²) in [5.41, 5.74) is 3.93. The van der Waals surface area contributed by atoms with Crippen LogP contribution in [0.25, 0.3) is 0 Å². The van der Waals surface area contributed by atoms with Gasteiger partial charge in [0, 0.05) is 0 Å². The summed E-state index contributed by atoms with van der Waals surface area (Å²) in [7, 11) is 3.16. The predicted molar refractivity (Wildman–Crippen MR) is 74.4 cm³/mol. The van der Waals surface area contributed by atoms with Gasteiger partial charge in [0.25, 0.3) is 0 Å². The van der Waals surface area contributed by atoms with Gasteiger partial charge in [-0.3, -0.25) is 4.79 Å². The third kappa shape index (κ3) is 3.09. The van der Waals surface area contributed by atoms with Crippen LogP contribution in [-0.2, 0) is 16.0 Å². The summed E-state index contributed by atoms with van der Waals surface area (Å²) in [6, 6.07) is 4.15. The second kappa shape index (κ2) is 5.64. The molecule has 0 spiro atoms. The summed E-state index contributed by atoms with van der Waals surface area (Å²) in [6.45, 7) is 4.24. The molecule has 0 radical (unpaired) electrons. The third-order valence-corrected chi connectivity index (χ3v) is 4.10. The van der Waals surface area contributed by atoms with E-state index in [0.29, 0.717) is 5.92 Å². The summed E-state index contributed by atoms with van der Waals surface area (Å²) in [4.78, 5) is 11.4. The first-order chi connectivity index (χ1) is 9.06. The molecule has 1 fully saturated rings. The summed E-state index contributed by atoms with van der Waals surface area (Å²) in [6.07, 6.45) is 3.08. The van der Waals surface area contributed by atoms with Crippen LogP contribution in [0, 0.1) is 25.7 Å². The van der Waals surface area contributed by atoms with Crippen LogP contribution in [-0.4, -0.2) is 20.2 Å². The molecule has 1 saturated carbocycles. The van der Waals surface area contributed by atoms with Crippen molar-refractivity contribution in [1.82, 2.24) is 0 Å². The molecule has 0 heterocycles. The third-order valence-electron chi connectivity index (χ3n) is 4.10. The van der Waals surface area contributed by atoms with Gasteiger partial charge in [0.15, 0.2) is 0 Å². The number of rotatable bonds is 5. The van der Waals surface area contributed by atoms with E-state index in [-0.39, 0.29) is 11.9 Å². The largest absolute Gasteiger partial charge is 0.497 e. The zero-order chi connectivity index (χ0) is 14.0. The zero-order valence-electron chi connectivity index (χ0n) is 12.2. The van der Waals surface area contributed by atoms with E-state index in [1.165, 1.54) is 23.8 Å². The molecule has 3 heteroatoms. The molecule has 1 aromatic rings. The predicted octanol–water partition coefficient (Wildman–Crippen LogP) is 3.05. The molecule has 19 heavy (non-hydrogen) atoms. The lowest BCUT2D eigenvalue weighted by Gasteiger charge is -2.12. The minimum atomic E-state index is -0.0480. The maximum Gasteiger partial charge on any atom is 0.308 e. The Morgan fingerprint density at radius 1 is 1.26 bits per heavy atom. The van der Waals surface area contributed by atoms with E-state index < -0.39 is 0 Å². The minimum absolute atomic E-state index is 0.0480. The smallest absolute Gasteiger partial charge is 0.308 e. The maximum absolute atomic E-state index is 11.4. The Balaban J connectivity index is 1.96. The summed E-state index contributed by atoms with van der Waals surface area (Å²) in [5.74, 6) is 1.52. The van der Waals surface area contributed by atoms with E-state index in [2.05, 4.69) is 26.0 Å². The van der Waals surface area contributed by atoms with Crippen molar-refractivity contribution in [3.63, 3.8) is 0 Å². The normalized spacial score (nSPS) is 21.1. The first-order valence-corrected chi connectivity index (χ1v) is 6.78. The molecular formula is C16H22O3. The van der Waals surface area contributed by atoms with Crippen LogP contribution in [0.15, 0.2) is 12.1 Å². The van der Waals surface area contributed by atoms with Gasteiger partial charge in [-0.25, -0.2) is 0 Å². The first-order valence-electron chi connectivity index (χ1n) is 6.78. The fourth-order valence-electron chi connectivity index (χ4n) is 2.80. The number of carbonyl (C=O) groups is 1. The van der Waals surface area contributed by atoms with Crippen LogP contribution in [0.1, 0.15) is 29.5 Å². The van der Waals surface area contributed by atoms with Gasteiger partial charge in [-0.05, 0) is 67.9 Å². The second-order valence-electron chi connectivity index (χ2n) is 5.40. The molecule has 0 aromatic heterocycles. The topological polar surface area (TPSA) is 35.5 Å². The molecule has 0 amide bonds. The molecule has 0 saturated heterocycles. The van der Waals surface area contributed by atoms with Crippen molar-refractivity contribution in [3.8, 4) is 5.75 Å². The van der Waals surface area contributed by atoms with E-state index in [1.54, 1.807) is 7.11 Å². The number of aryl methyl sites for hydroxylation is 2. The molecule has 1 aromatic carbocycles. The fraction of sp³-hybridized carbons (Fsp3) is 0.562. The Labute approximate surface area is 114 Å². The molecule has 2 rings (SSSR count). The van der Waals surface area contributed by atoms with Gasteiger partial charge in [0.1, 0.15) is 5.75 Å². The van der Waals surface area contributed by atoms with Crippen molar-refractivity contribution in [3.05, 3.63) is 28.8 Å². The molecule has 0 aliphatic heterocycles. The fourth-order valence-corrected chi connectivity index (χ4v) is 2.80. The van der Waals surface area contributed by atoms with Crippen LogP contribution < -0.4 is 4.74 Å². The first kappa shape index (κ1) is 13.9. The van der Waals surface area contributed by atoms with Gasteiger partial charge in [-0.15, -0.1) is 0 Å². The van der Waals surface area contributed by atoms with Crippen molar-refractivity contribution >= 4 is 5.97 Å². The second-order valence-corrected chi connectivity index (χ2v) is 5.40. The van der Waals surface area contributed by atoms with Crippen molar-refractivity contribution in [2.75, 3.05) is 14.2 Å². The quantitative estimate of drug-likeness (QED) is 0.765. The van der Waals surface area contributed by atoms with E-state index in [1.807, 2.05) is 0 Å². The van der Waals surface area contributed by atoms with E-state index in [0.717, 1.165) is 25.0 Å². The average Bonchev–Trinajstić information content (AvgIpc) is 3.16. The molecule has 2 atom stereocenters. The molecule has 1 aliphatic carbocycles. The lowest BCUT2D eigenvalue weighted by Crippen LogP contribution is -2.05. The Kier molecular flexibility index (Phi) is 4.13. The molecule has 0 bridgehead atoms. The summed E-state index contributed by atoms with van der Waals surface area (Å²) < 4.78 is 10.0. The maximum atomic E-state index is 11.4. The van der Waals surface area contributed by atoms with Gasteiger partial charge in [-0.1, -0.05) is 0 Å². The Morgan fingerprint density at radius 3 is 2.42 bits per heavy atom. The number of esters is 1. The van der Waals surface area contributed by atoms with Crippen LogP contribution in [0.3, 0.4) is 0 Å². The minimum Gasteiger partial charge on any atom is -0.497 e. The number of hydrogen-bond acceptors (Lipinski definition) is 3. The van der Waals surface area contributed by atoms with E-state index in [9.17, 15) is 4.79 Å². The number of methoxy groups -OCH3 is 2. The van der Waals surface area contributed by atoms with Crippen LogP contribution >= 0.6 is 0 Å². The highest BCUT2D eigenvalue weighted by atomic mass is 16.5. The standard InChI is InChI=1S/C16H22O3/c1-10-7-13(18-3)8-11(2)14(10)6-5-12-9-15(12)16(17)19-4/h7-8,12,15H,5-6,9H2,1-4H3. The number of carbonyl (C=O) groups excluding carboxylic acids is 1. The van der Waals surface area contributed by atoms with Gasteiger partial charge in [0.05, 0.1) is 20.1 Å². The van der Waals surface area contributed by atoms with Gasteiger partial charge in [-0.2, -0.15) is 0 Å². The number of ether oxygens (including phenoxy) is 2. The summed E-state index contributed by atoms with van der Waals surface area (Å²) in [5, 5.41) is 0. The monoisotopic (exact) mass is 262 g/mol. The van der Waals surface area contributed by atoms with Gasteiger partial charge < -0.3 is 9.47 Å². The molecule has 104 valence electrons. The average molecular weight is 262 g/mol.